The number of nitro benzene ring substituents is 1. The van der Waals surface area contributed by atoms with Gasteiger partial charge >= 0.3 is 5.97 Å². The lowest BCUT2D eigenvalue weighted by Gasteiger charge is -2.38. The molecule has 150 valence electrons. The molecule has 1 unspecified atom stereocenters. The summed E-state index contributed by atoms with van der Waals surface area (Å²) in [6.45, 7) is 1.45. The summed E-state index contributed by atoms with van der Waals surface area (Å²) >= 11 is 5.23. The lowest BCUT2D eigenvalue weighted by Crippen LogP contribution is -2.50. The number of benzene rings is 2. The van der Waals surface area contributed by atoms with Gasteiger partial charge in [0.1, 0.15) is 6.04 Å². The SMILES string of the molecule is CC1=C(C(=O)O)C(c2cccc([N+](=O)[O-])c2)N(S(=O)(=O)c2ccccc2)C(=S)N1. The van der Waals surface area contributed by atoms with E-state index in [9.17, 15) is 28.4 Å². The Morgan fingerprint density at radius 3 is 2.45 bits per heavy atom. The summed E-state index contributed by atoms with van der Waals surface area (Å²) in [6.07, 6.45) is 0. The second-order valence-corrected chi connectivity index (χ2v) is 8.34. The van der Waals surface area contributed by atoms with Crippen molar-refractivity contribution in [2.75, 3.05) is 0 Å². The zero-order valence-corrected chi connectivity index (χ0v) is 16.6. The van der Waals surface area contributed by atoms with Gasteiger partial charge in [0.2, 0.25) is 0 Å². The molecule has 0 amide bonds. The number of nitro groups is 1. The molecule has 2 aromatic carbocycles. The normalized spacial score (nSPS) is 17.1. The van der Waals surface area contributed by atoms with Gasteiger partial charge in [0, 0.05) is 17.8 Å². The predicted molar refractivity (Wildman–Crippen MR) is 107 cm³/mol. The monoisotopic (exact) mass is 433 g/mol. The number of thiocarbonyl (C=S) groups is 1. The quantitative estimate of drug-likeness (QED) is 0.418. The van der Waals surface area contributed by atoms with Gasteiger partial charge in [-0.25, -0.2) is 17.5 Å². The van der Waals surface area contributed by atoms with Crippen LogP contribution in [0.4, 0.5) is 5.69 Å². The van der Waals surface area contributed by atoms with E-state index >= 15 is 0 Å². The van der Waals surface area contributed by atoms with Crippen molar-refractivity contribution in [2.24, 2.45) is 0 Å². The first-order valence-electron chi connectivity index (χ1n) is 8.23. The lowest BCUT2D eigenvalue weighted by atomic mass is 9.95. The van der Waals surface area contributed by atoms with Crippen LogP contribution in [-0.2, 0) is 14.8 Å². The fourth-order valence-corrected chi connectivity index (χ4v) is 5.11. The number of allylic oxidation sites excluding steroid dienone is 1. The molecule has 2 N–H and O–H groups in total. The molecule has 0 radical (unpaired) electrons. The van der Waals surface area contributed by atoms with Crippen LogP contribution in [0.3, 0.4) is 0 Å². The van der Waals surface area contributed by atoms with Crippen LogP contribution in [0.2, 0.25) is 0 Å². The average molecular weight is 433 g/mol. The van der Waals surface area contributed by atoms with E-state index in [0.29, 0.717) is 0 Å². The third-order valence-corrected chi connectivity index (χ3v) is 6.53. The van der Waals surface area contributed by atoms with Crippen LogP contribution < -0.4 is 5.32 Å². The van der Waals surface area contributed by atoms with Crippen molar-refractivity contribution in [1.29, 1.82) is 0 Å². The van der Waals surface area contributed by atoms with Gasteiger partial charge in [0.25, 0.3) is 15.7 Å². The highest BCUT2D eigenvalue weighted by molar-refractivity contribution is 7.91. The Kier molecular flexibility index (Phi) is 5.36. The third-order valence-electron chi connectivity index (χ3n) is 4.33. The maximum atomic E-state index is 13.3. The highest BCUT2D eigenvalue weighted by Crippen LogP contribution is 2.38. The smallest absolute Gasteiger partial charge is 0.335 e. The number of hydrogen-bond donors (Lipinski definition) is 2. The summed E-state index contributed by atoms with van der Waals surface area (Å²) in [5.74, 6) is -1.37. The Morgan fingerprint density at radius 1 is 1.21 bits per heavy atom. The van der Waals surface area contributed by atoms with E-state index in [0.717, 1.165) is 10.4 Å². The van der Waals surface area contributed by atoms with Crippen molar-refractivity contribution in [3.05, 3.63) is 81.5 Å². The highest BCUT2D eigenvalue weighted by atomic mass is 32.2. The van der Waals surface area contributed by atoms with Crippen molar-refractivity contribution in [1.82, 2.24) is 9.62 Å². The summed E-state index contributed by atoms with van der Waals surface area (Å²) < 4.78 is 27.4. The number of carboxylic acid groups (broad SMARTS) is 1. The molecule has 1 aliphatic heterocycles. The number of aliphatic carboxylic acids is 1. The molecule has 9 nitrogen and oxygen atoms in total. The number of non-ortho nitro benzene ring substituents is 1. The van der Waals surface area contributed by atoms with Gasteiger partial charge in [0.15, 0.2) is 5.11 Å². The van der Waals surface area contributed by atoms with Crippen LogP contribution in [-0.4, -0.2) is 33.8 Å². The minimum absolute atomic E-state index is 0.0936. The van der Waals surface area contributed by atoms with E-state index in [1.54, 1.807) is 6.07 Å². The largest absolute Gasteiger partial charge is 0.478 e. The van der Waals surface area contributed by atoms with E-state index in [4.69, 9.17) is 12.2 Å². The average Bonchev–Trinajstić information content (AvgIpc) is 2.67. The minimum Gasteiger partial charge on any atom is -0.478 e. The second-order valence-electron chi connectivity index (χ2n) is 6.14. The van der Waals surface area contributed by atoms with Gasteiger partial charge in [-0.3, -0.25) is 10.1 Å². The van der Waals surface area contributed by atoms with Gasteiger partial charge in [-0.1, -0.05) is 30.3 Å². The molecular formula is C18H15N3O6S2. The van der Waals surface area contributed by atoms with Crippen LogP contribution in [0, 0.1) is 10.1 Å². The fourth-order valence-electron chi connectivity index (χ4n) is 3.06. The maximum absolute atomic E-state index is 13.3. The van der Waals surface area contributed by atoms with Crippen molar-refractivity contribution < 1.29 is 23.2 Å². The number of carboxylic acids is 1. The van der Waals surface area contributed by atoms with Crippen molar-refractivity contribution in [3.63, 3.8) is 0 Å². The fraction of sp³-hybridized carbons (Fsp3) is 0.111. The van der Waals surface area contributed by atoms with Gasteiger partial charge < -0.3 is 10.4 Å². The highest BCUT2D eigenvalue weighted by Gasteiger charge is 2.43. The molecule has 0 aromatic heterocycles. The Bertz CT molecular complexity index is 1150. The van der Waals surface area contributed by atoms with Gasteiger partial charge in [-0.05, 0) is 36.8 Å². The minimum atomic E-state index is -4.27. The first kappa shape index (κ1) is 20.4. The van der Waals surface area contributed by atoms with E-state index in [-0.39, 0.29) is 32.5 Å². The Hall–Kier alpha value is -3.31. The summed E-state index contributed by atoms with van der Waals surface area (Å²) in [6, 6.07) is 11.2. The van der Waals surface area contributed by atoms with E-state index in [2.05, 4.69) is 5.32 Å². The number of carbonyl (C=O) groups is 1. The lowest BCUT2D eigenvalue weighted by molar-refractivity contribution is -0.384. The van der Waals surface area contributed by atoms with Gasteiger partial charge in [0.05, 0.1) is 15.4 Å². The molecule has 0 saturated heterocycles. The number of nitrogens with zero attached hydrogens (tertiary/aromatic N) is 2. The summed E-state index contributed by atoms with van der Waals surface area (Å²) in [7, 11) is -4.27. The number of hydrogen-bond acceptors (Lipinski definition) is 6. The van der Waals surface area contributed by atoms with Crippen LogP contribution in [0.25, 0.3) is 0 Å². The van der Waals surface area contributed by atoms with E-state index in [1.165, 1.54) is 49.4 Å². The first-order chi connectivity index (χ1) is 13.6. The topological polar surface area (TPSA) is 130 Å². The molecule has 3 rings (SSSR count). The molecule has 0 spiro atoms. The zero-order chi connectivity index (χ0) is 21.3. The molecule has 11 heteroatoms. The molecule has 1 aliphatic rings. The third kappa shape index (κ3) is 3.69. The standard InChI is InChI=1S/C18H15N3O6S2/c1-11-15(17(22)23)16(12-6-5-7-13(10-12)21(24)25)20(18(28)19-11)29(26,27)14-8-3-2-4-9-14/h2-10,16H,1H3,(H,19,28)(H,22,23). The summed E-state index contributed by atoms with van der Waals surface area (Å²) in [5, 5.41) is 23.3. The first-order valence-corrected chi connectivity index (χ1v) is 10.1. The molecule has 1 heterocycles. The summed E-state index contributed by atoms with van der Waals surface area (Å²) in [4.78, 5) is 22.4. The molecule has 0 fully saturated rings. The Morgan fingerprint density at radius 2 is 1.86 bits per heavy atom. The number of sulfonamides is 1. The summed E-state index contributed by atoms with van der Waals surface area (Å²) in [5.41, 5.74) is -0.317. The van der Waals surface area contributed by atoms with Crippen molar-refractivity contribution >= 4 is 39.0 Å². The van der Waals surface area contributed by atoms with Crippen molar-refractivity contribution in [2.45, 2.75) is 17.9 Å². The number of rotatable bonds is 5. The van der Waals surface area contributed by atoms with Crippen LogP contribution in [0.5, 0.6) is 0 Å². The van der Waals surface area contributed by atoms with Crippen LogP contribution >= 0.6 is 12.2 Å². The molecule has 0 bridgehead atoms. The molecule has 1 atom stereocenters. The van der Waals surface area contributed by atoms with E-state index < -0.39 is 27.0 Å². The molecule has 2 aromatic rings. The van der Waals surface area contributed by atoms with E-state index in [1.807, 2.05) is 0 Å². The van der Waals surface area contributed by atoms with Gasteiger partial charge in [-0.2, -0.15) is 0 Å². The second kappa shape index (κ2) is 7.60. The molecule has 29 heavy (non-hydrogen) atoms. The molecule has 0 saturated carbocycles. The zero-order valence-electron chi connectivity index (χ0n) is 15.0. The molecule has 0 aliphatic carbocycles. The maximum Gasteiger partial charge on any atom is 0.335 e. The Labute approximate surface area is 171 Å². The molecular weight excluding hydrogens is 418 g/mol. The Balaban J connectivity index is 2.29. The van der Waals surface area contributed by atoms with Crippen molar-refractivity contribution in [3.8, 4) is 0 Å². The van der Waals surface area contributed by atoms with Crippen LogP contribution in [0.15, 0.2) is 70.8 Å². The number of nitrogens with one attached hydrogen (secondary N) is 1. The van der Waals surface area contributed by atoms with Gasteiger partial charge in [-0.15, -0.1) is 0 Å². The predicted octanol–water partition coefficient (Wildman–Crippen LogP) is 2.57. The van der Waals surface area contributed by atoms with Crippen LogP contribution in [0.1, 0.15) is 18.5 Å².